The molecule has 1 aliphatic heterocycles. The number of benzene rings is 3. The molecule has 3 aromatic rings. The minimum Gasteiger partial charge on any atom is -0.493 e. The van der Waals surface area contributed by atoms with Crippen molar-refractivity contribution in [1.29, 1.82) is 5.26 Å². The summed E-state index contributed by atoms with van der Waals surface area (Å²) in [7, 11) is 4.54. The van der Waals surface area contributed by atoms with Crippen LogP contribution < -0.4 is 34.2 Å². The van der Waals surface area contributed by atoms with Gasteiger partial charge >= 0.3 is 5.97 Å². The molecule has 2 N–H and O–H groups in total. The Bertz CT molecular complexity index is 1450. The fourth-order valence-corrected chi connectivity index (χ4v) is 4.49. The molecule has 2 atom stereocenters. The lowest BCUT2D eigenvalue weighted by atomic mass is 9.83. The largest absolute Gasteiger partial charge is 0.493 e. The van der Waals surface area contributed by atoms with Gasteiger partial charge in [0.2, 0.25) is 11.6 Å². The number of nitrogens with zero attached hydrogens (tertiary/aromatic N) is 1. The molecule has 0 saturated heterocycles. The van der Waals surface area contributed by atoms with E-state index in [0.29, 0.717) is 45.8 Å². The Kier molecular flexibility index (Phi) is 8.39. The van der Waals surface area contributed by atoms with Crippen LogP contribution in [-0.4, -0.2) is 33.4 Å². The number of rotatable bonds is 9. The number of hydrogen-bond acceptors (Lipinski definition) is 9. The van der Waals surface area contributed by atoms with E-state index in [1.165, 1.54) is 26.9 Å². The molecule has 9 nitrogen and oxygen atoms in total. The first kappa shape index (κ1) is 28.2. The molecule has 1 aliphatic rings. The highest BCUT2D eigenvalue weighted by molar-refractivity contribution is 5.77. The zero-order chi connectivity index (χ0) is 29.0. The van der Waals surface area contributed by atoms with Crippen LogP contribution in [0.5, 0.6) is 34.5 Å². The third-order valence-corrected chi connectivity index (χ3v) is 6.62. The van der Waals surface area contributed by atoms with E-state index in [-0.39, 0.29) is 17.2 Å². The summed E-state index contributed by atoms with van der Waals surface area (Å²) in [5.41, 5.74) is 8.88. The molecule has 0 aromatic heterocycles. The van der Waals surface area contributed by atoms with Gasteiger partial charge in [-0.1, -0.05) is 32.0 Å². The fraction of sp³-hybridized carbons (Fsp3) is 0.290. The van der Waals surface area contributed by atoms with Gasteiger partial charge in [-0.3, -0.25) is 0 Å². The summed E-state index contributed by atoms with van der Waals surface area (Å²) >= 11 is 0. The summed E-state index contributed by atoms with van der Waals surface area (Å²) in [6.45, 7) is 5.83. The van der Waals surface area contributed by atoms with Gasteiger partial charge in [0.15, 0.2) is 17.6 Å². The van der Waals surface area contributed by atoms with Crippen molar-refractivity contribution in [2.75, 3.05) is 21.3 Å². The van der Waals surface area contributed by atoms with Gasteiger partial charge in [-0.05, 0) is 54.3 Å². The van der Waals surface area contributed by atoms with Crippen molar-refractivity contribution in [2.45, 2.75) is 38.7 Å². The molecule has 3 aromatic carbocycles. The second-order valence-corrected chi connectivity index (χ2v) is 9.49. The lowest BCUT2D eigenvalue weighted by molar-refractivity contribution is -0.141. The number of carbonyl (C=O) groups excluding carboxylic acids is 1. The molecule has 2 unspecified atom stereocenters. The second-order valence-electron chi connectivity index (χ2n) is 9.49. The molecule has 0 saturated carbocycles. The molecule has 4 rings (SSSR count). The average Bonchev–Trinajstić information content (AvgIpc) is 2.95. The minimum atomic E-state index is -0.857. The van der Waals surface area contributed by atoms with E-state index >= 15 is 0 Å². The van der Waals surface area contributed by atoms with Crippen molar-refractivity contribution >= 4 is 5.97 Å². The molecule has 0 radical (unpaired) electrons. The van der Waals surface area contributed by atoms with E-state index in [4.69, 9.17) is 34.2 Å². The van der Waals surface area contributed by atoms with Gasteiger partial charge in [-0.2, -0.15) is 5.26 Å². The third-order valence-electron chi connectivity index (χ3n) is 6.62. The monoisotopic (exact) mass is 544 g/mol. The lowest BCUT2D eigenvalue weighted by Gasteiger charge is -2.27. The maximum Gasteiger partial charge on any atom is 0.352 e. The van der Waals surface area contributed by atoms with Crippen LogP contribution in [0.25, 0.3) is 0 Å². The van der Waals surface area contributed by atoms with Gasteiger partial charge in [0, 0.05) is 11.6 Å². The van der Waals surface area contributed by atoms with Gasteiger partial charge in [-0.15, -0.1) is 0 Å². The van der Waals surface area contributed by atoms with Crippen LogP contribution >= 0.6 is 0 Å². The van der Waals surface area contributed by atoms with Crippen molar-refractivity contribution in [2.24, 2.45) is 5.73 Å². The zero-order valence-electron chi connectivity index (χ0n) is 23.3. The standard InChI is InChI=1S/C31H32N2O7/c1-17(2)19-7-9-21(10-8-19)38-18(3)31(34)39-22-11-12-23-25(15-22)40-30(33)24(16-32)28(23)20-13-26(35-4)29(37-6)27(14-20)36-5/h7-15,17-18,28H,33H2,1-6H3. The topological polar surface area (TPSA) is 122 Å². The third kappa shape index (κ3) is 5.61. The van der Waals surface area contributed by atoms with Crippen LogP contribution in [0.4, 0.5) is 0 Å². The smallest absolute Gasteiger partial charge is 0.352 e. The van der Waals surface area contributed by atoms with Gasteiger partial charge in [0.1, 0.15) is 28.9 Å². The van der Waals surface area contributed by atoms with Crippen LogP contribution in [0.3, 0.4) is 0 Å². The first-order valence-corrected chi connectivity index (χ1v) is 12.7. The molecular formula is C31H32N2O7. The van der Waals surface area contributed by atoms with Crippen LogP contribution in [0.15, 0.2) is 66.1 Å². The number of methoxy groups -OCH3 is 3. The van der Waals surface area contributed by atoms with Crippen LogP contribution in [0.1, 0.15) is 49.3 Å². The first-order chi connectivity index (χ1) is 19.2. The molecule has 0 amide bonds. The normalized spacial score (nSPS) is 14.9. The van der Waals surface area contributed by atoms with Crippen molar-refractivity contribution < 1.29 is 33.2 Å². The number of fused-ring (bicyclic) bond motifs is 1. The lowest BCUT2D eigenvalue weighted by Crippen LogP contribution is -2.28. The Morgan fingerprint density at radius 2 is 1.55 bits per heavy atom. The van der Waals surface area contributed by atoms with Crippen molar-refractivity contribution in [3.05, 3.63) is 82.7 Å². The highest BCUT2D eigenvalue weighted by Gasteiger charge is 2.33. The van der Waals surface area contributed by atoms with Crippen molar-refractivity contribution in [3.8, 4) is 40.6 Å². The summed E-state index contributed by atoms with van der Waals surface area (Å²) in [5, 5.41) is 9.93. The Hall–Kier alpha value is -4.84. The molecule has 40 heavy (non-hydrogen) atoms. The Balaban J connectivity index is 1.60. The van der Waals surface area contributed by atoms with Gasteiger partial charge in [0.25, 0.3) is 0 Å². The quantitative estimate of drug-likeness (QED) is 0.278. The predicted molar refractivity (Wildman–Crippen MR) is 148 cm³/mol. The van der Waals surface area contributed by atoms with Gasteiger partial charge in [0.05, 0.1) is 27.2 Å². The maximum atomic E-state index is 12.8. The van der Waals surface area contributed by atoms with E-state index in [1.807, 2.05) is 24.3 Å². The van der Waals surface area contributed by atoms with Crippen LogP contribution in [-0.2, 0) is 4.79 Å². The minimum absolute atomic E-state index is 0.0567. The van der Waals surface area contributed by atoms with Gasteiger partial charge < -0.3 is 34.2 Å². The number of hydrogen-bond donors (Lipinski definition) is 1. The number of esters is 1. The zero-order valence-corrected chi connectivity index (χ0v) is 23.3. The van der Waals surface area contributed by atoms with E-state index in [2.05, 4.69) is 19.9 Å². The number of ether oxygens (including phenoxy) is 6. The molecule has 9 heteroatoms. The Morgan fingerprint density at radius 1 is 0.925 bits per heavy atom. The number of nitrogens with two attached hydrogens (primary N) is 1. The molecule has 1 heterocycles. The number of nitriles is 1. The molecule has 0 spiro atoms. The van der Waals surface area contributed by atoms with E-state index in [0.717, 1.165) is 0 Å². The molecule has 0 fully saturated rings. The summed E-state index contributed by atoms with van der Waals surface area (Å²) in [5.74, 6) is 1.60. The molecule has 208 valence electrons. The Labute approximate surface area is 233 Å². The van der Waals surface area contributed by atoms with Crippen molar-refractivity contribution in [1.82, 2.24) is 0 Å². The summed E-state index contributed by atoms with van der Waals surface area (Å²) in [6, 6.07) is 18.2. The second kappa shape index (κ2) is 11.9. The summed E-state index contributed by atoms with van der Waals surface area (Å²) < 4.78 is 33.6. The molecule has 0 bridgehead atoms. The van der Waals surface area contributed by atoms with Crippen LogP contribution in [0.2, 0.25) is 0 Å². The molecular weight excluding hydrogens is 512 g/mol. The highest BCUT2D eigenvalue weighted by atomic mass is 16.6. The van der Waals surface area contributed by atoms with Crippen LogP contribution in [0, 0.1) is 11.3 Å². The maximum absolute atomic E-state index is 12.8. The fourth-order valence-electron chi connectivity index (χ4n) is 4.49. The SMILES string of the molecule is COc1cc(C2C(C#N)=C(N)Oc3cc(OC(=O)C(C)Oc4ccc(C(C)C)cc4)ccc32)cc(OC)c1OC. The van der Waals surface area contributed by atoms with Gasteiger partial charge in [-0.25, -0.2) is 4.79 Å². The predicted octanol–water partition coefficient (Wildman–Crippen LogP) is 5.43. The van der Waals surface area contributed by atoms with E-state index < -0.39 is 18.0 Å². The van der Waals surface area contributed by atoms with Crippen molar-refractivity contribution in [3.63, 3.8) is 0 Å². The van der Waals surface area contributed by atoms with E-state index in [1.54, 1.807) is 37.3 Å². The first-order valence-electron chi connectivity index (χ1n) is 12.7. The van der Waals surface area contributed by atoms with E-state index in [9.17, 15) is 10.1 Å². The highest BCUT2D eigenvalue weighted by Crippen LogP contribution is 2.47. The molecule has 0 aliphatic carbocycles. The number of carbonyl (C=O) groups is 1. The summed E-state index contributed by atoms with van der Waals surface area (Å²) in [6.07, 6.45) is -0.857. The number of allylic oxidation sites excluding steroid dienone is 1. The summed E-state index contributed by atoms with van der Waals surface area (Å²) in [4.78, 5) is 12.8. The average molecular weight is 545 g/mol. The Morgan fingerprint density at radius 3 is 2.10 bits per heavy atom.